The Bertz CT molecular complexity index is 307. The van der Waals surface area contributed by atoms with Crippen LogP contribution in [0, 0.1) is 5.82 Å². The summed E-state index contributed by atoms with van der Waals surface area (Å²) in [6, 6.07) is 3.46. The van der Waals surface area contributed by atoms with E-state index in [1.54, 1.807) is 6.07 Å². The van der Waals surface area contributed by atoms with Gasteiger partial charge in [0.25, 0.3) is 0 Å². The number of hydrogen-bond acceptors (Lipinski definition) is 0. The molecule has 0 amide bonds. The standard InChI is InChI=1S/C10H10BrF/c11-10-8-4-2-1-3-7(8)5-6-9(10)12/h5-6H,1-4H2. The van der Waals surface area contributed by atoms with Crippen molar-refractivity contribution in [1.82, 2.24) is 0 Å². The number of aryl methyl sites for hydroxylation is 1. The molecule has 0 unspecified atom stereocenters. The maximum Gasteiger partial charge on any atom is 0.137 e. The van der Waals surface area contributed by atoms with E-state index in [-0.39, 0.29) is 5.82 Å². The second-order valence-corrected chi connectivity index (χ2v) is 4.00. The fourth-order valence-corrected chi connectivity index (χ4v) is 2.34. The predicted molar refractivity (Wildman–Crippen MR) is 50.7 cm³/mol. The van der Waals surface area contributed by atoms with E-state index in [1.807, 2.05) is 6.07 Å². The molecule has 0 bridgehead atoms. The monoisotopic (exact) mass is 228 g/mol. The Morgan fingerprint density at radius 1 is 1.17 bits per heavy atom. The van der Waals surface area contributed by atoms with E-state index >= 15 is 0 Å². The Hall–Kier alpha value is -0.370. The predicted octanol–water partition coefficient (Wildman–Crippen LogP) is 3.47. The molecule has 2 heteroatoms. The first kappa shape index (κ1) is 8.24. The highest BCUT2D eigenvalue weighted by molar-refractivity contribution is 9.10. The van der Waals surface area contributed by atoms with Crippen molar-refractivity contribution in [3.63, 3.8) is 0 Å². The number of benzene rings is 1. The molecule has 12 heavy (non-hydrogen) atoms. The van der Waals surface area contributed by atoms with Gasteiger partial charge in [0.1, 0.15) is 5.82 Å². The van der Waals surface area contributed by atoms with Gasteiger partial charge in [0.05, 0.1) is 4.47 Å². The van der Waals surface area contributed by atoms with E-state index in [0.29, 0.717) is 4.47 Å². The molecule has 0 nitrogen and oxygen atoms in total. The van der Waals surface area contributed by atoms with Crippen molar-refractivity contribution in [2.75, 3.05) is 0 Å². The third kappa shape index (κ3) is 1.28. The number of hydrogen-bond donors (Lipinski definition) is 0. The third-order valence-electron chi connectivity index (χ3n) is 2.42. The van der Waals surface area contributed by atoms with Crippen molar-refractivity contribution in [2.45, 2.75) is 25.7 Å². The Balaban J connectivity index is 2.54. The molecule has 0 aromatic heterocycles. The topological polar surface area (TPSA) is 0 Å². The van der Waals surface area contributed by atoms with Crippen LogP contribution in [0.15, 0.2) is 16.6 Å². The van der Waals surface area contributed by atoms with Gasteiger partial charge in [0.2, 0.25) is 0 Å². The minimum Gasteiger partial charge on any atom is -0.206 e. The fraction of sp³-hybridized carbons (Fsp3) is 0.400. The zero-order chi connectivity index (χ0) is 8.55. The highest BCUT2D eigenvalue weighted by atomic mass is 79.9. The molecule has 2 rings (SSSR count). The highest BCUT2D eigenvalue weighted by Gasteiger charge is 2.14. The maximum absolute atomic E-state index is 13.1. The van der Waals surface area contributed by atoms with E-state index in [9.17, 15) is 4.39 Å². The van der Waals surface area contributed by atoms with E-state index in [1.165, 1.54) is 24.0 Å². The molecule has 1 aliphatic rings. The minimum absolute atomic E-state index is 0.129. The van der Waals surface area contributed by atoms with Crippen LogP contribution in [0.5, 0.6) is 0 Å². The number of rotatable bonds is 0. The summed E-state index contributed by atoms with van der Waals surface area (Å²) in [5.41, 5.74) is 2.50. The van der Waals surface area contributed by atoms with Crippen molar-refractivity contribution < 1.29 is 4.39 Å². The Morgan fingerprint density at radius 2 is 1.92 bits per heavy atom. The van der Waals surface area contributed by atoms with Gasteiger partial charge in [-0.2, -0.15) is 0 Å². The van der Waals surface area contributed by atoms with Crippen molar-refractivity contribution in [3.8, 4) is 0 Å². The first-order chi connectivity index (χ1) is 5.79. The molecule has 1 aliphatic carbocycles. The zero-order valence-corrected chi connectivity index (χ0v) is 8.33. The smallest absolute Gasteiger partial charge is 0.137 e. The van der Waals surface area contributed by atoms with E-state index in [2.05, 4.69) is 15.9 Å². The second kappa shape index (κ2) is 3.17. The highest BCUT2D eigenvalue weighted by Crippen LogP contribution is 2.29. The van der Waals surface area contributed by atoms with Crippen LogP contribution in [-0.2, 0) is 12.8 Å². The molecular formula is C10H10BrF. The minimum atomic E-state index is -0.129. The van der Waals surface area contributed by atoms with Crippen LogP contribution in [0.1, 0.15) is 24.0 Å². The molecule has 64 valence electrons. The molecule has 0 aliphatic heterocycles. The maximum atomic E-state index is 13.1. The van der Waals surface area contributed by atoms with Gasteiger partial charge in [-0.3, -0.25) is 0 Å². The number of halogens is 2. The van der Waals surface area contributed by atoms with Crippen molar-refractivity contribution in [3.05, 3.63) is 33.5 Å². The lowest BCUT2D eigenvalue weighted by Crippen LogP contribution is -2.04. The largest absolute Gasteiger partial charge is 0.206 e. The Kier molecular flexibility index (Phi) is 2.18. The quantitative estimate of drug-likeness (QED) is 0.639. The summed E-state index contributed by atoms with van der Waals surface area (Å²) in [5, 5.41) is 0. The van der Waals surface area contributed by atoms with Crippen LogP contribution < -0.4 is 0 Å². The summed E-state index contributed by atoms with van der Waals surface area (Å²) in [4.78, 5) is 0. The molecule has 0 atom stereocenters. The van der Waals surface area contributed by atoms with Gasteiger partial charge < -0.3 is 0 Å². The van der Waals surface area contributed by atoms with E-state index < -0.39 is 0 Å². The van der Waals surface area contributed by atoms with E-state index in [0.717, 1.165) is 12.8 Å². The molecule has 0 radical (unpaired) electrons. The van der Waals surface area contributed by atoms with Gasteiger partial charge in [0, 0.05) is 0 Å². The summed E-state index contributed by atoms with van der Waals surface area (Å²) >= 11 is 3.29. The number of fused-ring (bicyclic) bond motifs is 1. The van der Waals surface area contributed by atoms with Gasteiger partial charge >= 0.3 is 0 Å². The average Bonchev–Trinajstić information content (AvgIpc) is 2.12. The van der Waals surface area contributed by atoms with Gasteiger partial charge in [-0.05, 0) is 58.8 Å². The van der Waals surface area contributed by atoms with Crippen LogP contribution in [0.3, 0.4) is 0 Å². The summed E-state index contributed by atoms with van der Waals surface area (Å²) in [7, 11) is 0. The summed E-state index contributed by atoms with van der Waals surface area (Å²) < 4.78 is 13.7. The first-order valence-corrected chi connectivity index (χ1v) is 5.04. The lowest BCUT2D eigenvalue weighted by molar-refractivity contribution is 0.606. The lowest BCUT2D eigenvalue weighted by Gasteiger charge is -2.16. The van der Waals surface area contributed by atoms with Crippen molar-refractivity contribution in [2.24, 2.45) is 0 Å². The molecule has 0 saturated carbocycles. The van der Waals surface area contributed by atoms with Crippen LogP contribution in [0.4, 0.5) is 4.39 Å². The molecule has 1 aromatic carbocycles. The fourth-order valence-electron chi connectivity index (χ4n) is 1.75. The van der Waals surface area contributed by atoms with Gasteiger partial charge in [-0.25, -0.2) is 4.39 Å². The van der Waals surface area contributed by atoms with Crippen LogP contribution in [0.2, 0.25) is 0 Å². The molecule has 0 spiro atoms. The molecular weight excluding hydrogens is 219 g/mol. The first-order valence-electron chi connectivity index (χ1n) is 4.25. The van der Waals surface area contributed by atoms with Crippen LogP contribution >= 0.6 is 15.9 Å². The molecule has 0 fully saturated rings. The lowest BCUT2D eigenvalue weighted by atomic mass is 9.92. The molecule has 0 heterocycles. The zero-order valence-electron chi connectivity index (χ0n) is 6.74. The Labute approximate surface area is 79.9 Å². The van der Waals surface area contributed by atoms with Gasteiger partial charge in [0.15, 0.2) is 0 Å². The van der Waals surface area contributed by atoms with Gasteiger partial charge in [-0.15, -0.1) is 0 Å². The van der Waals surface area contributed by atoms with Crippen LogP contribution in [0.25, 0.3) is 0 Å². The normalized spacial score (nSPS) is 15.8. The molecule has 0 N–H and O–H groups in total. The molecule has 0 saturated heterocycles. The summed E-state index contributed by atoms with van der Waals surface area (Å²) in [6.45, 7) is 0. The van der Waals surface area contributed by atoms with Crippen molar-refractivity contribution >= 4 is 15.9 Å². The SMILES string of the molecule is Fc1ccc2c(c1Br)CCCC2. The van der Waals surface area contributed by atoms with Crippen LogP contribution in [-0.4, -0.2) is 0 Å². The summed E-state index contributed by atoms with van der Waals surface area (Å²) in [5.74, 6) is -0.129. The Morgan fingerprint density at radius 3 is 2.75 bits per heavy atom. The second-order valence-electron chi connectivity index (χ2n) is 3.21. The summed E-state index contributed by atoms with van der Waals surface area (Å²) in [6.07, 6.45) is 4.56. The average molecular weight is 229 g/mol. The van der Waals surface area contributed by atoms with Gasteiger partial charge in [-0.1, -0.05) is 6.07 Å². The van der Waals surface area contributed by atoms with Crippen molar-refractivity contribution in [1.29, 1.82) is 0 Å². The molecule has 1 aromatic rings. The van der Waals surface area contributed by atoms with E-state index in [4.69, 9.17) is 0 Å². The third-order valence-corrected chi connectivity index (χ3v) is 3.27.